The Morgan fingerprint density at radius 1 is 1.42 bits per heavy atom. The maximum atomic E-state index is 12.1. The number of carbonyl (C=O) groups excluding carboxylic acids is 1. The lowest BCUT2D eigenvalue weighted by atomic mass is 9.99. The van der Waals surface area contributed by atoms with E-state index in [0.717, 1.165) is 30.6 Å². The van der Waals surface area contributed by atoms with Gasteiger partial charge in [-0.25, -0.2) is 4.68 Å². The zero-order valence-corrected chi connectivity index (χ0v) is 12.1. The van der Waals surface area contributed by atoms with Gasteiger partial charge in [0, 0.05) is 13.1 Å². The molecule has 0 N–H and O–H groups in total. The van der Waals surface area contributed by atoms with Crippen LogP contribution >= 0.6 is 23.2 Å². The Bertz CT molecular complexity index is 536. The molecule has 2 heterocycles. The van der Waals surface area contributed by atoms with Crippen LogP contribution in [-0.2, 0) is 11.3 Å². The number of hydrogen-bond acceptors (Lipinski definition) is 3. The summed E-state index contributed by atoms with van der Waals surface area (Å²) in [7, 11) is 0. The van der Waals surface area contributed by atoms with Crippen LogP contribution in [0.2, 0.25) is 10.0 Å². The molecular formula is C12H15Cl2N3O2. The molecule has 0 radical (unpaired) electrons. The Kier molecular flexibility index (Phi) is 4.47. The van der Waals surface area contributed by atoms with E-state index in [1.54, 1.807) is 4.90 Å². The van der Waals surface area contributed by atoms with Crippen molar-refractivity contribution in [3.63, 3.8) is 0 Å². The quantitative estimate of drug-likeness (QED) is 0.837. The summed E-state index contributed by atoms with van der Waals surface area (Å²) < 4.78 is 1.05. The van der Waals surface area contributed by atoms with Crippen molar-refractivity contribution in [2.75, 3.05) is 13.1 Å². The predicted octanol–water partition coefficient (Wildman–Crippen LogP) is 1.81. The fourth-order valence-electron chi connectivity index (χ4n) is 2.04. The van der Waals surface area contributed by atoms with Gasteiger partial charge >= 0.3 is 0 Å². The SMILES string of the molecule is CC1CCN(C(=O)Cn2ncc(Cl)c(Cl)c2=O)CC1. The molecule has 1 aliphatic rings. The predicted molar refractivity (Wildman–Crippen MR) is 73.5 cm³/mol. The molecule has 0 bridgehead atoms. The summed E-state index contributed by atoms with van der Waals surface area (Å²) in [5.41, 5.74) is -0.534. The third-order valence-corrected chi connectivity index (χ3v) is 4.11. The normalized spacial score (nSPS) is 16.7. The highest BCUT2D eigenvalue weighted by Gasteiger charge is 2.21. The maximum Gasteiger partial charge on any atom is 0.287 e. The molecule has 104 valence electrons. The number of carbonyl (C=O) groups is 1. The van der Waals surface area contributed by atoms with Crippen molar-refractivity contribution in [2.24, 2.45) is 5.92 Å². The monoisotopic (exact) mass is 303 g/mol. The first-order valence-electron chi connectivity index (χ1n) is 6.18. The number of aromatic nitrogens is 2. The van der Waals surface area contributed by atoms with Crippen molar-refractivity contribution in [3.05, 3.63) is 26.6 Å². The summed E-state index contributed by atoms with van der Waals surface area (Å²) in [6.07, 6.45) is 3.27. The number of rotatable bonds is 2. The Balaban J connectivity index is 2.07. The van der Waals surface area contributed by atoms with Gasteiger partial charge in [-0.3, -0.25) is 9.59 Å². The number of likely N-dealkylation sites (tertiary alicyclic amines) is 1. The molecule has 0 aliphatic carbocycles. The third kappa shape index (κ3) is 3.28. The average molecular weight is 304 g/mol. The van der Waals surface area contributed by atoms with Crippen molar-refractivity contribution < 1.29 is 4.79 Å². The zero-order valence-electron chi connectivity index (χ0n) is 10.6. The van der Waals surface area contributed by atoms with Gasteiger partial charge in [0.2, 0.25) is 5.91 Å². The second kappa shape index (κ2) is 5.92. The Morgan fingerprint density at radius 2 is 2.05 bits per heavy atom. The minimum absolute atomic E-state index is 0.0932. The van der Waals surface area contributed by atoms with Crippen LogP contribution in [-0.4, -0.2) is 33.7 Å². The molecule has 0 spiro atoms. The Morgan fingerprint density at radius 3 is 2.68 bits per heavy atom. The van der Waals surface area contributed by atoms with Crippen LogP contribution in [0.3, 0.4) is 0 Å². The summed E-state index contributed by atoms with van der Waals surface area (Å²) in [5.74, 6) is 0.537. The maximum absolute atomic E-state index is 12.1. The highest BCUT2D eigenvalue weighted by molar-refractivity contribution is 6.41. The number of amides is 1. The molecule has 7 heteroatoms. The van der Waals surface area contributed by atoms with Gasteiger partial charge in [0.25, 0.3) is 5.56 Å². The number of hydrogen-bond donors (Lipinski definition) is 0. The van der Waals surface area contributed by atoms with Crippen LogP contribution in [0.15, 0.2) is 11.0 Å². The van der Waals surface area contributed by atoms with E-state index in [2.05, 4.69) is 12.0 Å². The molecule has 1 aliphatic heterocycles. The van der Waals surface area contributed by atoms with Gasteiger partial charge in [0.1, 0.15) is 11.6 Å². The summed E-state index contributed by atoms with van der Waals surface area (Å²) in [6.45, 7) is 3.54. The molecule has 0 saturated carbocycles. The Hall–Kier alpha value is -1.07. The Labute approximate surface area is 121 Å². The zero-order chi connectivity index (χ0) is 14.0. The van der Waals surface area contributed by atoms with Gasteiger partial charge in [-0.2, -0.15) is 5.10 Å². The molecule has 1 aromatic rings. The summed E-state index contributed by atoms with van der Waals surface area (Å²) in [4.78, 5) is 25.6. The summed E-state index contributed by atoms with van der Waals surface area (Å²) in [6, 6.07) is 0. The van der Waals surface area contributed by atoms with Crippen LogP contribution in [0.4, 0.5) is 0 Å². The molecule has 1 aromatic heterocycles. The highest BCUT2D eigenvalue weighted by Crippen LogP contribution is 2.17. The molecule has 0 atom stereocenters. The first-order valence-corrected chi connectivity index (χ1v) is 6.93. The molecular weight excluding hydrogens is 289 g/mol. The average Bonchev–Trinajstić information content (AvgIpc) is 2.40. The summed E-state index contributed by atoms with van der Waals surface area (Å²) in [5, 5.41) is 3.83. The molecule has 0 aromatic carbocycles. The van der Waals surface area contributed by atoms with E-state index >= 15 is 0 Å². The molecule has 1 amide bonds. The topological polar surface area (TPSA) is 55.2 Å². The number of nitrogens with zero attached hydrogens (tertiary/aromatic N) is 3. The van der Waals surface area contributed by atoms with Crippen LogP contribution in [0.1, 0.15) is 19.8 Å². The standard InChI is InChI=1S/C12H15Cl2N3O2/c1-8-2-4-16(5-3-8)10(18)7-17-12(19)11(14)9(13)6-15-17/h6,8H,2-5,7H2,1H3. The van der Waals surface area contributed by atoms with E-state index in [4.69, 9.17) is 23.2 Å². The second-order valence-electron chi connectivity index (χ2n) is 4.83. The fourth-order valence-corrected chi connectivity index (χ4v) is 2.31. The lowest BCUT2D eigenvalue weighted by Gasteiger charge is -2.30. The highest BCUT2D eigenvalue weighted by atomic mass is 35.5. The van der Waals surface area contributed by atoms with Gasteiger partial charge in [-0.1, -0.05) is 30.1 Å². The first kappa shape index (κ1) is 14.3. The van der Waals surface area contributed by atoms with Crippen molar-refractivity contribution in [1.82, 2.24) is 14.7 Å². The fraction of sp³-hybridized carbons (Fsp3) is 0.583. The molecule has 19 heavy (non-hydrogen) atoms. The summed E-state index contributed by atoms with van der Waals surface area (Å²) >= 11 is 11.4. The van der Waals surface area contributed by atoms with Gasteiger partial charge in [-0.15, -0.1) is 0 Å². The minimum atomic E-state index is -0.534. The third-order valence-electron chi connectivity index (χ3n) is 3.36. The molecule has 0 unspecified atom stereocenters. The van der Waals surface area contributed by atoms with Crippen LogP contribution in [0.25, 0.3) is 0 Å². The van der Waals surface area contributed by atoms with Gasteiger partial charge in [-0.05, 0) is 18.8 Å². The largest absolute Gasteiger partial charge is 0.341 e. The van der Waals surface area contributed by atoms with E-state index in [1.807, 2.05) is 0 Å². The van der Waals surface area contributed by atoms with E-state index in [0.29, 0.717) is 5.92 Å². The van der Waals surface area contributed by atoms with Crippen molar-refractivity contribution >= 4 is 29.1 Å². The van der Waals surface area contributed by atoms with Crippen molar-refractivity contribution in [2.45, 2.75) is 26.3 Å². The smallest absolute Gasteiger partial charge is 0.287 e. The van der Waals surface area contributed by atoms with Crippen LogP contribution in [0, 0.1) is 5.92 Å². The van der Waals surface area contributed by atoms with Crippen LogP contribution < -0.4 is 5.56 Å². The second-order valence-corrected chi connectivity index (χ2v) is 5.62. The molecule has 2 rings (SSSR count). The van der Waals surface area contributed by atoms with E-state index < -0.39 is 5.56 Å². The molecule has 1 saturated heterocycles. The van der Waals surface area contributed by atoms with E-state index in [-0.39, 0.29) is 22.5 Å². The number of piperidine rings is 1. The molecule has 5 nitrogen and oxygen atoms in total. The van der Waals surface area contributed by atoms with Gasteiger partial charge < -0.3 is 4.90 Å². The lowest BCUT2D eigenvalue weighted by Crippen LogP contribution is -2.41. The first-order chi connectivity index (χ1) is 8.99. The van der Waals surface area contributed by atoms with Gasteiger partial charge in [0.15, 0.2) is 0 Å². The molecule has 1 fully saturated rings. The minimum Gasteiger partial charge on any atom is -0.341 e. The van der Waals surface area contributed by atoms with E-state index in [1.165, 1.54) is 6.20 Å². The van der Waals surface area contributed by atoms with Crippen LogP contribution in [0.5, 0.6) is 0 Å². The van der Waals surface area contributed by atoms with E-state index in [9.17, 15) is 9.59 Å². The lowest BCUT2D eigenvalue weighted by molar-refractivity contribution is -0.133. The van der Waals surface area contributed by atoms with Crippen molar-refractivity contribution in [1.29, 1.82) is 0 Å². The van der Waals surface area contributed by atoms with Gasteiger partial charge in [0.05, 0.1) is 11.2 Å². The van der Waals surface area contributed by atoms with Crippen molar-refractivity contribution in [3.8, 4) is 0 Å². The number of halogens is 2.